The normalized spacial score (nSPS) is 11.9. The zero-order valence-corrected chi connectivity index (χ0v) is 9.19. The number of carbonyl (C=O) groups is 2. The number of aliphatic hydroxyl groups excluding tert-OH is 1. The monoisotopic (exact) mass is 218 g/mol. The van der Waals surface area contributed by atoms with Gasteiger partial charge in [-0.3, -0.25) is 4.79 Å². The van der Waals surface area contributed by atoms with Crippen LogP contribution in [0.5, 0.6) is 0 Å². The molecule has 0 saturated carbocycles. The van der Waals surface area contributed by atoms with Gasteiger partial charge in [0.05, 0.1) is 19.6 Å². The van der Waals surface area contributed by atoms with Crippen molar-refractivity contribution >= 4 is 11.9 Å². The van der Waals surface area contributed by atoms with Crippen molar-refractivity contribution < 1.29 is 24.2 Å². The van der Waals surface area contributed by atoms with Gasteiger partial charge in [0.25, 0.3) is 0 Å². The number of hydrogen-bond donors (Lipinski definition) is 1. The quantitative estimate of drug-likeness (QED) is 0.635. The summed E-state index contributed by atoms with van der Waals surface area (Å²) in [6.07, 6.45) is -0.371. The topological polar surface area (TPSA) is 72.8 Å². The zero-order chi connectivity index (χ0) is 11.7. The third-order valence-corrected chi connectivity index (χ3v) is 1.55. The first-order valence-corrected chi connectivity index (χ1v) is 5.12. The molecule has 0 aliphatic rings. The molecule has 1 atom stereocenters. The smallest absolute Gasteiger partial charge is 0.335 e. The SMILES string of the molecule is CCCOC(=O)C[C@H](O)C(=O)OCCC. The van der Waals surface area contributed by atoms with E-state index in [9.17, 15) is 14.7 Å². The van der Waals surface area contributed by atoms with Gasteiger partial charge < -0.3 is 14.6 Å². The number of aliphatic hydroxyl groups is 1. The lowest BCUT2D eigenvalue weighted by Gasteiger charge is -2.09. The molecule has 88 valence electrons. The minimum Gasteiger partial charge on any atom is -0.466 e. The van der Waals surface area contributed by atoms with E-state index < -0.39 is 18.0 Å². The molecular weight excluding hydrogens is 200 g/mol. The zero-order valence-electron chi connectivity index (χ0n) is 9.19. The second-order valence-electron chi connectivity index (χ2n) is 3.11. The predicted octanol–water partition coefficient (Wildman–Crippen LogP) is 0.644. The van der Waals surface area contributed by atoms with E-state index in [1.165, 1.54) is 0 Å². The molecule has 0 aromatic rings. The Labute approximate surface area is 89.4 Å². The van der Waals surface area contributed by atoms with Crippen LogP contribution in [-0.2, 0) is 19.1 Å². The summed E-state index contributed by atoms with van der Waals surface area (Å²) < 4.78 is 9.37. The summed E-state index contributed by atoms with van der Waals surface area (Å²) in [4.78, 5) is 22.0. The highest BCUT2D eigenvalue weighted by molar-refractivity contribution is 5.81. The van der Waals surface area contributed by atoms with E-state index in [1.54, 1.807) is 0 Å². The second-order valence-corrected chi connectivity index (χ2v) is 3.11. The first-order chi connectivity index (χ1) is 7.11. The van der Waals surface area contributed by atoms with Gasteiger partial charge in [0.2, 0.25) is 0 Å². The van der Waals surface area contributed by atoms with Crippen LogP contribution in [0.1, 0.15) is 33.1 Å². The average molecular weight is 218 g/mol. The molecular formula is C10H18O5. The lowest BCUT2D eigenvalue weighted by molar-refractivity contribution is -0.160. The van der Waals surface area contributed by atoms with Gasteiger partial charge in [-0.2, -0.15) is 0 Å². The Morgan fingerprint density at radius 3 is 2.20 bits per heavy atom. The van der Waals surface area contributed by atoms with Gasteiger partial charge in [-0.15, -0.1) is 0 Å². The molecule has 0 aliphatic heterocycles. The van der Waals surface area contributed by atoms with Gasteiger partial charge in [0.15, 0.2) is 6.10 Å². The van der Waals surface area contributed by atoms with Gasteiger partial charge in [0.1, 0.15) is 0 Å². The van der Waals surface area contributed by atoms with Gasteiger partial charge in [-0.1, -0.05) is 13.8 Å². The Hall–Kier alpha value is -1.10. The standard InChI is InChI=1S/C10H18O5/c1-3-5-14-9(12)7-8(11)10(13)15-6-4-2/h8,11H,3-7H2,1-2H3/t8-/m0/s1. The van der Waals surface area contributed by atoms with Crippen molar-refractivity contribution in [3.05, 3.63) is 0 Å². The highest BCUT2D eigenvalue weighted by Crippen LogP contribution is 1.99. The number of esters is 2. The Morgan fingerprint density at radius 1 is 1.13 bits per heavy atom. The highest BCUT2D eigenvalue weighted by atomic mass is 16.6. The van der Waals surface area contributed by atoms with Crippen molar-refractivity contribution in [2.75, 3.05) is 13.2 Å². The van der Waals surface area contributed by atoms with E-state index >= 15 is 0 Å². The fourth-order valence-corrected chi connectivity index (χ4v) is 0.815. The highest BCUT2D eigenvalue weighted by Gasteiger charge is 2.20. The number of hydrogen-bond acceptors (Lipinski definition) is 5. The number of carbonyl (C=O) groups excluding carboxylic acids is 2. The van der Waals surface area contributed by atoms with Crippen molar-refractivity contribution in [3.8, 4) is 0 Å². The summed E-state index contributed by atoms with van der Waals surface area (Å²) in [5.74, 6) is -1.36. The average Bonchev–Trinajstić information content (AvgIpc) is 2.22. The van der Waals surface area contributed by atoms with Crippen LogP contribution in [0.15, 0.2) is 0 Å². The molecule has 0 fully saturated rings. The summed E-state index contributed by atoms with van der Waals surface area (Å²) >= 11 is 0. The molecule has 0 rings (SSSR count). The minimum atomic E-state index is -1.42. The van der Waals surface area contributed by atoms with Crippen molar-refractivity contribution in [2.45, 2.75) is 39.2 Å². The summed E-state index contributed by atoms with van der Waals surface area (Å²) in [5.41, 5.74) is 0. The van der Waals surface area contributed by atoms with Crippen molar-refractivity contribution in [1.82, 2.24) is 0 Å². The van der Waals surface area contributed by atoms with Crippen LogP contribution in [0, 0.1) is 0 Å². The molecule has 15 heavy (non-hydrogen) atoms. The molecule has 0 unspecified atom stereocenters. The molecule has 0 bridgehead atoms. The van der Waals surface area contributed by atoms with E-state index in [0.717, 1.165) is 0 Å². The maximum Gasteiger partial charge on any atom is 0.335 e. The van der Waals surface area contributed by atoms with Crippen LogP contribution in [0.4, 0.5) is 0 Å². The van der Waals surface area contributed by atoms with Crippen LogP contribution in [0.3, 0.4) is 0 Å². The van der Waals surface area contributed by atoms with Gasteiger partial charge >= 0.3 is 11.9 Å². The lowest BCUT2D eigenvalue weighted by atomic mass is 10.2. The molecule has 0 aliphatic carbocycles. The van der Waals surface area contributed by atoms with Crippen molar-refractivity contribution in [1.29, 1.82) is 0 Å². The molecule has 0 amide bonds. The molecule has 0 aromatic heterocycles. The molecule has 0 saturated heterocycles. The van der Waals surface area contributed by atoms with Gasteiger partial charge in [-0.05, 0) is 12.8 Å². The minimum absolute atomic E-state index is 0.250. The van der Waals surface area contributed by atoms with Crippen LogP contribution in [-0.4, -0.2) is 36.4 Å². The predicted molar refractivity (Wildman–Crippen MR) is 53.1 cm³/mol. The van der Waals surface area contributed by atoms with Gasteiger partial charge in [-0.25, -0.2) is 4.79 Å². The molecule has 5 nitrogen and oxygen atoms in total. The van der Waals surface area contributed by atoms with Gasteiger partial charge in [0, 0.05) is 0 Å². The second kappa shape index (κ2) is 8.23. The molecule has 0 spiro atoms. The van der Waals surface area contributed by atoms with Crippen LogP contribution < -0.4 is 0 Å². The van der Waals surface area contributed by atoms with Crippen LogP contribution in [0.25, 0.3) is 0 Å². The lowest BCUT2D eigenvalue weighted by Crippen LogP contribution is -2.27. The summed E-state index contributed by atoms with van der Waals surface area (Å²) in [5, 5.41) is 9.24. The fourth-order valence-electron chi connectivity index (χ4n) is 0.815. The number of ether oxygens (including phenoxy) is 2. The first-order valence-electron chi connectivity index (χ1n) is 5.12. The Bertz CT molecular complexity index is 202. The van der Waals surface area contributed by atoms with Crippen LogP contribution in [0.2, 0.25) is 0 Å². The molecule has 0 aromatic carbocycles. The molecule has 0 radical (unpaired) electrons. The maximum atomic E-state index is 11.0. The van der Waals surface area contributed by atoms with Crippen molar-refractivity contribution in [3.63, 3.8) is 0 Å². The number of rotatable bonds is 7. The third-order valence-electron chi connectivity index (χ3n) is 1.55. The van der Waals surface area contributed by atoms with E-state index in [1.807, 2.05) is 13.8 Å². The maximum absolute atomic E-state index is 11.0. The Morgan fingerprint density at radius 2 is 1.67 bits per heavy atom. The Balaban J connectivity index is 3.75. The largest absolute Gasteiger partial charge is 0.466 e. The van der Waals surface area contributed by atoms with E-state index in [0.29, 0.717) is 19.4 Å². The van der Waals surface area contributed by atoms with Crippen LogP contribution >= 0.6 is 0 Å². The molecule has 0 heterocycles. The van der Waals surface area contributed by atoms with E-state index in [2.05, 4.69) is 4.74 Å². The Kier molecular flexibility index (Phi) is 7.62. The fraction of sp³-hybridized carbons (Fsp3) is 0.800. The summed E-state index contributed by atoms with van der Waals surface area (Å²) in [7, 11) is 0. The van der Waals surface area contributed by atoms with Crippen molar-refractivity contribution in [2.24, 2.45) is 0 Å². The summed E-state index contributed by atoms with van der Waals surface area (Å²) in [6, 6.07) is 0. The third kappa shape index (κ3) is 6.90. The van der Waals surface area contributed by atoms with E-state index in [-0.39, 0.29) is 13.0 Å². The first kappa shape index (κ1) is 13.9. The summed E-state index contributed by atoms with van der Waals surface area (Å²) in [6.45, 7) is 4.25. The molecule has 5 heteroatoms. The van der Waals surface area contributed by atoms with E-state index in [4.69, 9.17) is 4.74 Å². The molecule has 1 N–H and O–H groups in total.